The van der Waals surface area contributed by atoms with Gasteiger partial charge in [0.15, 0.2) is 0 Å². The fourth-order valence-corrected chi connectivity index (χ4v) is 2.43. The molecule has 0 bridgehead atoms. The van der Waals surface area contributed by atoms with Crippen LogP contribution in [0.4, 0.5) is 0 Å². The highest BCUT2D eigenvalue weighted by molar-refractivity contribution is 5.03. The lowest BCUT2D eigenvalue weighted by molar-refractivity contribution is 0.191. The highest BCUT2D eigenvalue weighted by Crippen LogP contribution is 2.13. The summed E-state index contributed by atoms with van der Waals surface area (Å²) in [6.45, 7) is 5.32. The van der Waals surface area contributed by atoms with Crippen molar-refractivity contribution in [3.63, 3.8) is 0 Å². The van der Waals surface area contributed by atoms with Crippen LogP contribution < -0.4 is 5.73 Å². The molecule has 0 amide bonds. The molecule has 0 spiro atoms. The first-order valence-electron chi connectivity index (χ1n) is 6.51. The molecule has 2 unspecified atom stereocenters. The van der Waals surface area contributed by atoms with E-state index in [-0.39, 0.29) is 6.04 Å². The van der Waals surface area contributed by atoms with E-state index in [0.29, 0.717) is 6.04 Å². The Morgan fingerprint density at radius 1 is 1.47 bits per heavy atom. The van der Waals surface area contributed by atoms with E-state index >= 15 is 0 Å². The Kier molecular flexibility index (Phi) is 5.65. The molecule has 2 N–H and O–H groups in total. The Balaban J connectivity index is 2.56. The summed E-state index contributed by atoms with van der Waals surface area (Å²) >= 11 is 0. The van der Waals surface area contributed by atoms with E-state index in [1.165, 1.54) is 5.56 Å². The smallest absolute Gasteiger partial charge is 0.0534 e. The van der Waals surface area contributed by atoms with E-state index < -0.39 is 0 Å². The molecule has 1 rings (SSSR count). The van der Waals surface area contributed by atoms with Crippen LogP contribution in [0.3, 0.4) is 0 Å². The fraction of sp³-hybridized carbons (Fsp3) is 0.769. The molecule has 1 aromatic rings. The lowest BCUT2D eigenvalue weighted by Gasteiger charge is -2.31. The normalized spacial score (nSPS) is 15.2. The van der Waals surface area contributed by atoms with Gasteiger partial charge in [-0.2, -0.15) is 5.10 Å². The van der Waals surface area contributed by atoms with Crippen molar-refractivity contribution in [2.24, 2.45) is 12.8 Å². The first-order chi connectivity index (χ1) is 8.08. The van der Waals surface area contributed by atoms with Crippen molar-refractivity contribution in [3.8, 4) is 0 Å². The lowest BCUT2D eigenvalue weighted by Crippen LogP contribution is -2.45. The number of likely N-dealkylation sites (N-methyl/N-ethyl adjacent to an activating group) is 1. The molecule has 0 saturated carbocycles. The van der Waals surface area contributed by atoms with Crippen molar-refractivity contribution >= 4 is 0 Å². The van der Waals surface area contributed by atoms with Crippen molar-refractivity contribution < 1.29 is 0 Å². The summed E-state index contributed by atoms with van der Waals surface area (Å²) in [6.07, 6.45) is 7.33. The summed E-state index contributed by atoms with van der Waals surface area (Å²) in [5, 5.41) is 4.19. The first-order valence-corrected chi connectivity index (χ1v) is 6.51. The first kappa shape index (κ1) is 14.2. The predicted molar refractivity (Wildman–Crippen MR) is 71.6 cm³/mol. The van der Waals surface area contributed by atoms with Gasteiger partial charge in [-0.1, -0.05) is 20.3 Å². The van der Waals surface area contributed by atoms with Crippen LogP contribution in [0.1, 0.15) is 38.7 Å². The van der Waals surface area contributed by atoms with Crippen molar-refractivity contribution in [3.05, 3.63) is 18.0 Å². The van der Waals surface area contributed by atoms with Crippen LogP contribution >= 0.6 is 0 Å². The van der Waals surface area contributed by atoms with E-state index in [1.807, 2.05) is 17.9 Å². The molecule has 0 aliphatic carbocycles. The lowest BCUT2D eigenvalue weighted by atomic mass is 10.0. The van der Waals surface area contributed by atoms with Gasteiger partial charge in [-0.05, 0) is 19.9 Å². The monoisotopic (exact) mass is 238 g/mol. The zero-order valence-corrected chi connectivity index (χ0v) is 11.6. The molecule has 4 heteroatoms. The second-order valence-corrected chi connectivity index (χ2v) is 4.87. The van der Waals surface area contributed by atoms with Crippen LogP contribution in [-0.2, 0) is 13.6 Å². The topological polar surface area (TPSA) is 47.1 Å². The summed E-state index contributed by atoms with van der Waals surface area (Å²) in [6, 6.07) is 0.724. The molecule has 4 nitrogen and oxygen atoms in total. The minimum atomic E-state index is 0.270. The summed E-state index contributed by atoms with van der Waals surface area (Å²) in [4.78, 5) is 2.34. The standard InChI is InChI=1S/C13H26N4/c1-5-7-12(14)13(6-2)16(3)9-11-8-15-17(4)10-11/h8,10,12-13H,5-7,9,14H2,1-4H3. The number of hydrogen-bond acceptors (Lipinski definition) is 3. The van der Waals surface area contributed by atoms with Gasteiger partial charge in [-0.3, -0.25) is 9.58 Å². The number of nitrogens with zero attached hydrogens (tertiary/aromatic N) is 3. The molecule has 2 atom stereocenters. The molecule has 98 valence electrons. The quantitative estimate of drug-likeness (QED) is 0.787. The molecule has 0 radical (unpaired) electrons. The van der Waals surface area contributed by atoms with Gasteiger partial charge in [-0.25, -0.2) is 0 Å². The maximum atomic E-state index is 6.24. The van der Waals surface area contributed by atoms with Crippen LogP contribution in [0, 0.1) is 0 Å². The second-order valence-electron chi connectivity index (χ2n) is 4.87. The molecule has 0 saturated heterocycles. The van der Waals surface area contributed by atoms with Crippen molar-refractivity contribution in [2.75, 3.05) is 7.05 Å². The third kappa shape index (κ3) is 4.13. The predicted octanol–water partition coefficient (Wildman–Crippen LogP) is 1.76. The van der Waals surface area contributed by atoms with Gasteiger partial charge < -0.3 is 5.73 Å². The van der Waals surface area contributed by atoms with Gasteiger partial charge in [0.2, 0.25) is 0 Å². The average Bonchev–Trinajstić information content (AvgIpc) is 2.65. The molecular formula is C13H26N4. The molecule has 0 aromatic carbocycles. The third-order valence-corrected chi connectivity index (χ3v) is 3.29. The molecule has 0 aliphatic rings. The Morgan fingerprint density at radius 3 is 2.65 bits per heavy atom. The molecule has 17 heavy (non-hydrogen) atoms. The van der Waals surface area contributed by atoms with Crippen molar-refractivity contribution in [1.29, 1.82) is 0 Å². The van der Waals surface area contributed by atoms with Gasteiger partial charge >= 0.3 is 0 Å². The van der Waals surface area contributed by atoms with Crippen LogP contribution in [0.15, 0.2) is 12.4 Å². The number of aryl methyl sites for hydroxylation is 1. The summed E-state index contributed by atoms with van der Waals surface area (Å²) < 4.78 is 1.84. The maximum Gasteiger partial charge on any atom is 0.0534 e. The van der Waals surface area contributed by atoms with Gasteiger partial charge in [0, 0.05) is 37.4 Å². The largest absolute Gasteiger partial charge is 0.326 e. The van der Waals surface area contributed by atoms with Crippen LogP contribution in [-0.4, -0.2) is 33.8 Å². The van der Waals surface area contributed by atoms with E-state index in [0.717, 1.165) is 25.8 Å². The number of aromatic nitrogens is 2. The molecule has 1 aromatic heterocycles. The highest BCUT2D eigenvalue weighted by atomic mass is 15.2. The van der Waals surface area contributed by atoms with Crippen molar-refractivity contribution in [2.45, 2.75) is 51.7 Å². The van der Waals surface area contributed by atoms with Crippen LogP contribution in [0.5, 0.6) is 0 Å². The van der Waals surface area contributed by atoms with E-state index in [1.54, 1.807) is 0 Å². The second kappa shape index (κ2) is 6.77. The Labute approximate surface area is 105 Å². The SMILES string of the molecule is CCCC(N)C(CC)N(C)Cc1cnn(C)c1. The van der Waals surface area contributed by atoms with E-state index in [4.69, 9.17) is 5.73 Å². The zero-order valence-electron chi connectivity index (χ0n) is 11.6. The van der Waals surface area contributed by atoms with E-state index in [9.17, 15) is 0 Å². The minimum absolute atomic E-state index is 0.270. The maximum absolute atomic E-state index is 6.24. The summed E-state index contributed by atoms with van der Waals surface area (Å²) in [5.74, 6) is 0. The van der Waals surface area contributed by atoms with Gasteiger partial charge in [0.25, 0.3) is 0 Å². The molecule has 1 heterocycles. The minimum Gasteiger partial charge on any atom is -0.326 e. The average molecular weight is 238 g/mol. The van der Waals surface area contributed by atoms with Crippen LogP contribution in [0.25, 0.3) is 0 Å². The Morgan fingerprint density at radius 2 is 2.18 bits per heavy atom. The van der Waals surface area contributed by atoms with Crippen molar-refractivity contribution in [1.82, 2.24) is 14.7 Å². The van der Waals surface area contributed by atoms with Gasteiger partial charge in [0.1, 0.15) is 0 Å². The summed E-state index contributed by atoms with van der Waals surface area (Å²) in [5.41, 5.74) is 7.48. The fourth-order valence-electron chi connectivity index (χ4n) is 2.43. The Hall–Kier alpha value is -0.870. The number of hydrogen-bond donors (Lipinski definition) is 1. The highest BCUT2D eigenvalue weighted by Gasteiger charge is 2.20. The molecular weight excluding hydrogens is 212 g/mol. The number of nitrogens with two attached hydrogens (primary N) is 1. The van der Waals surface area contributed by atoms with E-state index in [2.05, 4.69) is 37.1 Å². The van der Waals surface area contributed by atoms with Gasteiger partial charge in [0.05, 0.1) is 6.20 Å². The van der Waals surface area contributed by atoms with Crippen LogP contribution in [0.2, 0.25) is 0 Å². The zero-order chi connectivity index (χ0) is 12.8. The number of rotatable bonds is 7. The molecule has 0 aliphatic heterocycles. The van der Waals surface area contributed by atoms with Gasteiger partial charge in [-0.15, -0.1) is 0 Å². The Bertz CT molecular complexity index is 321. The summed E-state index contributed by atoms with van der Waals surface area (Å²) in [7, 11) is 4.10. The molecule has 0 fully saturated rings. The third-order valence-electron chi connectivity index (χ3n) is 3.29.